The Morgan fingerprint density at radius 2 is 1.92 bits per heavy atom. The highest BCUT2D eigenvalue weighted by molar-refractivity contribution is 5.16. The lowest BCUT2D eigenvalue weighted by Crippen LogP contribution is -2.09. The van der Waals surface area contributed by atoms with Crippen LogP contribution in [0.1, 0.15) is 5.56 Å². The zero-order valence-corrected chi connectivity index (χ0v) is 7.65. The van der Waals surface area contributed by atoms with E-state index in [1.165, 1.54) is 11.8 Å². The van der Waals surface area contributed by atoms with E-state index in [0.29, 0.717) is 0 Å². The monoisotopic (exact) mass is 174 g/mol. The van der Waals surface area contributed by atoms with Crippen molar-refractivity contribution in [2.45, 2.75) is 12.5 Å². The van der Waals surface area contributed by atoms with Crippen LogP contribution in [0.5, 0.6) is 0 Å². The second-order valence-electron chi connectivity index (χ2n) is 2.77. The third-order valence-electron chi connectivity index (χ3n) is 1.81. The molecule has 0 aliphatic rings. The fourth-order valence-electron chi connectivity index (χ4n) is 1.16. The van der Waals surface area contributed by atoms with Crippen molar-refractivity contribution in [2.24, 2.45) is 0 Å². The number of rotatable bonds is 5. The third kappa shape index (κ3) is 3.16. The minimum atomic E-state index is 0.0277. The SMILES string of the molecule is C=COC(C=C)Cc1ccccc1. The van der Waals surface area contributed by atoms with Crippen LogP contribution in [0, 0.1) is 0 Å². The molecule has 0 amide bonds. The maximum atomic E-state index is 5.24. The van der Waals surface area contributed by atoms with Gasteiger partial charge in [0.2, 0.25) is 0 Å². The predicted molar refractivity (Wildman–Crippen MR) is 55.4 cm³/mol. The van der Waals surface area contributed by atoms with Crippen LogP contribution in [0.15, 0.2) is 55.8 Å². The molecule has 0 fully saturated rings. The van der Waals surface area contributed by atoms with Gasteiger partial charge in [-0.05, 0) is 5.56 Å². The lowest BCUT2D eigenvalue weighted by Gasteiger charge is -2.11. The Hall–Kier alpha value is -1.50. The Kier molecular flexibility index (Phi) is 3.83. The first-order valence-corrected chi connectivity index (χ1v) is 4.29. The van der Waals surface area contributed by atoms with Crippen LogP contribution in [0.2, 0.25) is 0 Å². The zero-order valence-electron chi connectivity index (χ0n) is 7.65. The second kappa shape index (κ2) is 5.20. The zero-order chi connectivity index (χ0) is 9.52. The van der Waals surface area contributed by atoms with Gasteiger partial charge in [0.1, 0.15) is 6.10 Å². The maximum absolute atomic E-state index is 5.24. The number of hydrogen-bond acceptors (Lipinski definition) is 1. The van der Waals surface area contributed by atoms with Crippen LogP contribution in [0.3, 0.4) is 0 Å². The van der Waals surface area contributed by atoms with Crippen molar-refractivity contribution in [1.82, 2.24) is 0 Å². The summed E-state index contributed by atoms with van der Waals surface area (Å²) in [5.74, 6) is 0. The van der Waals surface area contributed by atoms with Gasteiger partial charge in [-0.15, -0.1) is 0 Å². The van der Waals surface area contributed by atoms with E-state index in [0.717, 1.165) is 6.42 Å². The average Bonchev–Trinajstić information content (AvgIpc) is 2.19. The lowest BCUT2D eigenvalue weighted by molar-refractivity contribution is 0.188. The van der Waals surface area contributed by atoms with Crippen molar-refractivity contribution in [3.8, 4) is 0 Å². The highest BCUT2D eigenvalue weighted by Gasteiger charge is 2.02. The Balaban J connectivity index is 2.56. The molecule has 1 heteroatoms. The molecule has 1 nitrogen and oxygen atoms in total. The minimum Gasteiger partial charge on any atom is -0.494 e. The summed E-state index contributed by atoms with van der Waals surface area (Å²) in [6, 6.07) is 10.2. The van der Waals surface area contributed by atoms with Crippen molar-refractivity contribution in [1.29, 1.82) is 0 Å². The molecule has 0 aromatic heterocycles. The normalized spacial score (nSPS) is 11.7. The van der Waals surface area contributed by atoms with E-state index < -0.39 is 0 Å². The maximum Gasteiger partial charge on any atom is 0.120 e. The van der Waals surface area contributed by atoms with Crippen molar-refractivity contribution in [2.75, 3.05) is 0 Å². The number of ether oxygens (including phenoxy) is 1. The summed E-state index contributed by atoms with van der Waals surface area (Å²) in [7, 11) is 0. The van der Waals surface area contributed by atoms with Gasteiger partial charge in [0.05, 0.1) is 6.26 Å². The van der Waals surface area contributed by atoms with Crippen molar-refractivity contribution in [3.05, 3.63) is 61.4 Å². The molecule has 13 heavy (non-hydrogen) atoms. The van der Waals surface area contributed by atoms with Gasteiger partial charge in [-0.3, -0.25) is 0 Å². The van der Waals surface area contributed by atoms with E-state index in [9.17, 15) is 0 Å². The molecule has 1 aromatic rings. The lowest BCUT2D eigenvalue weighted by atomic mass is 10.1. The number of benzene rings is 1. The molecule has 0 saturated heterocycles. The van der Waals surface area contributed by atoms with Crippen LogP contribution >= 0.6 is 0 Å². The smallest absolute Gasteiger partial charge is 0.120 e. The van der Waals surface area contributed by atoms with Gasteiger partial charge in [-0.25, -0.2) is 0 Å². The molecule has 0 radical (unpaired) electrons. The van der Waals surface area contributed by atoms with Crippen LogP contribution in [-0.4, -0.2) is 6.10 Å². The second-order valence-corrected chi connectivity index (χ2v) is 2.77. The minimum absolute atomic E-state index is 0.0277. The first kappa shape index (κ1) is 9.59. The van der Waals surface area contributed by atoms with Gasteiger partial charge in [-0.2, -0.15) is 0 Å². The van der Waals surface area contributed by atoms with Gasteiger partial charge in [0.15, 0.2) is 0 Å². The van der Waals surface area contributed by atoms with Crippen LogP contribution in [0.4, 0.5) is 0 Å². The fourth-order valence-corrected chi connectivity index (χ4v) is 1.16. The summed E-state index contributed by atoms with van der Waals surface area (Å²) in [6.45, 7) is 7.22. The van der Waals surface area contributed by atoms with Gasteiger partial charge in [-0.1, -0.05) is 49.6 Å². The van der Waals surface area contributed by atoms with E-state index >= 15 is 0 Å². The van der Waals surface area contributed by atoms with Gasteiger partial charge in [0, 0.05) is 6.42 Å². The molecule has 0 N–H and O–H groups in total. The quantitative estimate of drug-likeness (QED) is 0.492. The van der Waals surface area contributed by atoms with Gasteiger partial charge in [0.25, 0.3) is 0 Å². The van der Waals surface area contributed by atoms with Crippen molar-refractivity contribution < 1.29 is 4.74 Å². The molecule has 1 unspecified atom stereocenters. The molecule has 0 bridgehead atoms. The summed E-state index contributed by atoms with van der Waals surface area (Å²) < 4.78 is 5.24. The molecular formula is C12H14O. The van der Waals surface area contributed by atoms with Crippen LogP contribution in [0.25, 0.3) is 0 Å². The van der Waals surface area contributed by atoms with Crippen LogP contribution < -0.4 is 0 Å². The number of hydrogen-bond donors (Lipinski definition) is 0. The molecule has 68 valence electrons. The first-order chi connectivity index (χ1) is 6.36. The standard InChI is InChI=1S/C12H14O/c1-3-12(13-4-2)10-11-8-6-5-7-9-11/h3-9,12H,1-2,10H2. The average molecular weight is 174 g/mol. The van der Waals surface area contributed by atoms with Crippen LogP contribution in [-0.2, 0) is 11.2 Å². The summed E-state index contributed by atoms with van der Waals surface area (Å²) >= 11 is 0. The van der Waals surface area contributed by atoms with E-state index in [4.69, 9.17) is 4.74 Å². The Morgan fingerprint density at radius 3 is 2.46 bits per heavy atom. The largest absolute Gasteiger partial charge is 0.494 e. The summed E-state index contributed by atoms with van der Waals surface area (Å²) in [4.78, 5) is 0. The molecular weight excluding hydrogens is 160 g/mol. The third-order valence-corrected chi connectivity index (χ3v) is 1.81. The van der Waals surface area contributed by atoms with Crippen molar-refractivity contribution in [3.63, 3.8) is 0 Å². The Labute approximate surface area is 79.4 Å². The van der Waals surface area contributed by atoms with E-state index in [1.54, 1.807) is 6.08 Å². The summed E-state index contributed by atoms with van der Waals surface area (Å²) in [5, 5.41) is 0. The molecule has 0 heterocycles. The molecule has 0 spiro atoms. The molecule has 1 atom stereocenters. The molecule has 0 saturated carbocycles. The van der Waals surface area contributed by atoms with E-state index in [-0.39, 0.29) is 6.10 Å². The fraction of sp³-hybridized carbons (Fsp3) is 0.167. The van der Waals surface area contributed by atoms with E-state index in [2.05, 4.69) is 25.3 Å². The Morgan fingerprint density at radius 1 is 1.23 bits per heavy atom. The molecule has 0 aliphatic carbocycles. The highest BCUT2D eigenvalue weighted by Crippen LogP contribution is 2.06. The van der Waals surface area contributed by atoms with Crippen molar-refractivity contribution >= 4 is 0 Å². The van der Waals surface area contributed by atoms with Gasteiger partial charge < -0.3 is 4.74 Å². The summed E-state index contributed by atoms with van der Waals surface area (Å²) in [5.41, 5.74) is 1.24. The predicted octanol–water partition coefficient (Wildman–Crippen LogP) is 2.94. The van der Waals surface area contributed by atoms with E-state index in [1.807, 2.05) is 18.2 Å². The molecule has 1 rings (SSSR count). The first-order valence-electron chi connectivity index (χ1n) is 4.29. The summed E-state index contributed by atoms with van der Waals surface area (Å²) in [6.07, 6.45) is 4.11. The molecule has 1 aromatic carbocycles. The highest BCUT2D eigenvalue weighted by atomic mass is 16.5. The molecule has 0 aliphatic heterocycles. The topological polar surface area (TPSA) is 9.23 Å². The van der Waals surface area contributed by atoms with Gasteiger partial charge >= 0.3 is 0 Å². The Bertz CT molecular complexity index is 264.